The second-order valence-electron chi connectivity index (χ2n) is 6.54. The molecule has 1 unspecified atom stereocenters. The zero-order chi connectivity index (χ0) is 18.3. The van der Waals surface area contributed by atoms with Gasteiger partial charge in [0.25, 0.3) is 0 Å². The van der Waals surface area contributed by atoms with Gasteiger partial charge >= 0.3 is 6.18 Å². The van der Waals surface area contributed by atoms with E-state index < -0.39 is 11.7 Å². The third kappa shape index (κ3) is 6.57. The van der Waals surface area contributed by atoms with Crippen molar-refractivity contribution >= 4 is 5.96 Å². The summed E-state index contributed by atoms with van der Waals surface area (Å²) in [6.07, 6.45) is -1.94. The van der Waals surface area contributed by atoms with Crippen molar-refractivity contribution in [3.63, 3.8) is 0 Å². The molecule has 1 heterocycles. The van der Waals surface area contributed by atoms with Crippen molar-refractivity contribution < 1.29 is 13.2 Å². The van der Waals surface area contributed by atoms with Crippen LogP contribution in [0, 0.1) is 5.92 Å². The van der Waals surface area contributed by atoms with Gasteiger partial charge < -0.3 is 15.5 Å². The van der Waals surface area contributed by atoms with Crippen LogP contribution in [0.3, 0.4) is 0 Å². The van der Waals surface area contributed by atoms with Crippen molar-refractivity contribution in [1.82, 2.24) is 15.5 Å². The molecule has 0 radical (unpaired) electrons. The Morgan fingerprint density at radius 1 is 1.32 bits per heavy atom. The number of likely N-dealkylation sites (tertiary alicyclic amines) is 1. The van der Waals surface area contributed by atoms with Crippen LogP contribution in [-0.2, 0) is 12.7 Å². The van der Waals surface area contributed by atoms with Gasteiger partial charge in [-0.25, -0.2) is 4.99 Å². The lowest BCUT2D eigenvalue weighted by Crippen LogP contribution is -2.43. The van der Waals surface area contributed by atoms with Crippen molar-refractivity contribution in [1.29, 1.82) is 0 Å². The molecule has 1 saturated heterocycles. The molecule has 0 spiro atoms. The second-order valence-corrected chi connectivity index (χ2v) is 6.54. The van der Waals surface area contributed by atoms with E-state index in [2.05, 4.69) is 27.6 Å². The van der Waals surface area contributed by atoms with Crippen molar-refractivity contribution in [2.24, 2.45) is 10.9 Å². The van der Waals surface area contributed by atoms with Gasteiger partial charge in [0.2, 0.25) is 0 Å². The second kappa shape index (κ2) is 9.08. The number of hydrogen-bond acceptors (Lipinski definition) is 2. The average molecular weight is 356 g/mol. The minimum Gasteiger partial charge on any atom is -0.357 e. The Hall–Kier alpha value is -1.76. The maximum atomic E-state index is 12.8. The first kappa shape index (κ1) is 19.6. The van der Waals surface area contributed by atoms with E-state index in [1.165, 1.54) is 18.9 Å². The van der Waals surface area contributed by atoms with E-state index in [0.717, 1.165) is 31.8 Å². The number of rotatable bonds is 5. The zero-order valence-electron chi connectivity index (χ0n) is 14.9. The molecule has 2 N–H and O–H groups in total. The van der Waals surface area contributed by atoms with E-state index in [4.69, 9.17) is 0 Å². The van der Waals surface area contributed by atoms with E-state index in [-0.39, 0.29) is 6.54 Å². The van der Waals surface area contributed by atoms with Crippen LogP contribution in [0.5, 0.6) is 0 Å². The third-order valence-corrected chi connectivity index (χ3v) is 4.30. The molecule has 4 nitrogen and oxygen atoms in total. The fourth-order valence-electron chi connectivity index (χ4n) is 3.04. The number of benzene rings is 1. The van der Waals surface area contributed by atoms with Crippen LogP contribution in [-0.4, -0.2) is 44.1 Å². The van der Waals surface area contributed by atoms with Crippen LogP contribution in [0.15, 0.2) is 29.3 Å². The van der Waals surface area contributed by atoms with Gasteiger partial charge in [0.15, 0.2) is 5.96 Å². The summed E-state index contributed by atoms with van der Waals surface area (Å²) >= 11 is 0. The predicted octanol–water partition coefficient (Wildman–Crippen LogP) is 3.10. The summed E-state index contributed by atoms with van der Waals surface area (Å²) < 4.78 is 38.3. The molecule has 0 aromatic heterocycles. The summed E-state index contributed by atoms with van der Waals surface area (Å²) in [7, 11) is 2.12. The molecule has 1 aliphatic rings. The highest BCUT2D eigenvalue weighted by molar-refractivity contribution is 5.79. The highest BCUT2D eigenvalue weighted by Gasteiger charge is 2.30. The van der Waals surface area contributed by atoms with Gasteiger partial charge in [0.1, 0.15) is 0 Å². The Kier molecular flexibility index (Phi) is 7.11. The Balaban J connectivity index is 1.95. The lowest BCUT2D eigenvalue weighted by molar-refractivity contribution is -0.137. The van der Waals surface area contributed by atoms with Crippen LogP contribution in [0.2, 0.25) is 0 Å². The molecule has 0 bridgehead atoms. The number of guanidine groups is 1. The monoisotopic (exact) mass is 356 g/mol. The molecule has 1 fully saturated rings. The lowest BCUT2D eigenvalue weighted by Gasteiger charge is -2.30. The highest BCUT2D eigenvalue weighted by Crippen LogP contribution is 2.29. The fourth-order valence-corrected chi connectivity index (χ4v) is 3.04. The Morgan fingerprint density at radius 2 is 2.12 bits per heavy atom. The van der Waals surface area contributed by atoms with Crippen LogP contribution in [0.4, 0.5) is 13.2 Å². The van der Waals surface area contributed by atoms with Crippen molar-refractivity contribution in [2.45, 2.75) is 32.5 Å². The summed E-state index contributed by atoms with van der Waals surface area (Å²) in [5.41, 5.74) is -0.0900. The van der Waals surface area contributed by atoms with Gasteiger partial charge in [-0.05, 0) is 57.0 Å². The van der Waals surface area contributed by atoms with E-state index in [9.17, 15) is 13.2 Å². The summed E-state index contributed by atoms with van der Waals surface area (Å²) in [6, 6.07) is 5.32. The van der Waals surface area contributed by atoms with Crippen LogP contribution in [0.1, 0.15) is 30.9 Å². The molecular formula is C18H27F3N4. The van der Waals surface area contributed by atoms with Gasteiger partial charge in [-0.3, -0.25) is 0 Å². The number of alkyl halides is 3. The minimum atomic E-state index is -4.32. The molecule has 1 aromatic carbocycles. The molecular weight excluding hydrogens is 329 g/mol. The molecule has 0 aliphatic carbocycles. The standard InChI is InChI=1S/C18H27F3N4/c1-3-22-17(24-12-15-7-5-9-25(2)13-15)23-11-14-6-4-8-16(10-14)18(19,20)21/h4,6,8,10,15H,3,5,7,9,11-13H2,1-2H3,(H2,22,23,24). The smallest absolute Gasteiger partial charge is 0.357 e. The first-order chi connectivity index (χ1) is 11.9. The van der Waals surface area contributed by atoms with Crippen LogP contribution >= 0.6 is 0 Å². The van der Waals surface area contributed by atoms with Gasteiger partial charge in [-0.15, -0.1) is 0 Å². The molecule has 1 aromatic rings. The van der Waals surface area contributed by atoms with E-state index >= 15 is 0 Å². The molecule has 1 aliphatic heterocycles. The largest absolute Gasteiger partial charge is 0.416 e. The summed E-state index contributed by atoms with van der Waals surface area (Å²) in [4.78, 5) is 6.75. The maximum absolute atomic E-state index is 12.8. The summed E-state index contributed by atoms with van der Waals surface area (Å²) in [5, 5.41) is 6.47. The average Bonchev–Trinajstić information content (AvgIpc) is 2.57. The number of hydrogen-bond donors (Lipinski definition) is 2. The number of aliphatic imine (C=N–C) groups is 1. The number of nitrogens with zero attached hydrogens (tertiary/aromatic N) is 2. The predicted molar refractivity (Wildman–Crippen MR) is 94.5 cm³/mol. The summed E-state index contributed by atoms with van der Waals surface area (Å²) in [5.74, 6) is 1.21. The highest BCUT2D eigenvalue weighted by atomic mass is 19.4. The van der Waals surface area contributed by atoms with Crippen molar-refractivity contribution in [3.8, 4) is 0 Å². The molecule has 0 saturated carbocycles. The minimum absolute atomic E-state index is 0.212. The first-order valence-electron chi connectivity index (χ1n) is 8.75. The number of halogens is 3. The topological polar surface area (TPSA) is 39.7 Å². The first-order valence-corrected chi connectivity index (χ1v) is 8.75. The lowest BCUT2D eigenvalue weighted by atomic mass is 9.99. The maximum Gasteiger partial charge on any atom is 0.416 e. The zero-order valence-corrected chi connectivity index (χ0v) is 14.9. The molecule has 140 valence electrons. The molecule has 2 rings (SSSR count). The van der Waals surface area contributed by atoms with Crippen LogP contribution in [0.25, 0.3) is 0 Å². The molecule has 25 heavy (non-hydrogen) atoms. The van der Waals surface area contributed by atoms with Gasteiger partial charge in [0.05, 0.1) is 12.1 Å². The molecule has 1 atom stereocenters. The normalized spacial score (nSPS) is 19.7. The quantitative estimate of drug-likeness (QED) is 0.629. The van der Waals surface area contributed by atoms with Gasteiger partial charge in [-0.1, -0.05) is 12.1 Å². The van der Waals surface area contributed by atoms with Gasteiger partial charge in [0, 0.05) is 19.6 Å². The molecule has 0 amide bonds. The Labute approximate surface area is 147 Å². The van der Waals surface area contributed by atoms with E-state index in [1.807, 2.05) is 6.92 Å². The van der Waals surface area contributed by atoms with Crippen molar-refractivity contribution in [3.05, 3.63) is 35.4 Å². The third-order valence-electron chi connectivity index (χ3n) is 4.30. The molecule has 7 heteroatoms. The Bertz CT molecular complexity index is 572. The van der Waals surface area contributed by atoms with E-state index in [0.29, 0.717) is 24.0 Å². The van der Waals surface area contributed by atoms with E-state index in [1.54, 1.807) is 6.07 Å². The van der Waals surface area contributed by atoms with Crippen molar-refractivity contribution in [2.75, 3.05) is 33.2 Å². The number of nitrogens with one attached hydrogen (secondary N) is 2. The van der Waals surface area contributed by atoms with Gasteiger partial charge in [-0.2, -0.15) is 13.2 Å². The van der Waals surface area contributed by atoms with Crippen LogP contribution < -0.4 is 10.6 Å². The SMILES string of the molecule is CCNC(=NCc1cccc(C(F)(F)F)c1)NCC1CCCN(C)C1. The Morgan fingerprint density at radius 3 is 2.80 bits per heavy atom. The summed E-state index contributed by atoms with van der Waals surface area (Å²) in [6.45, 7) is 5.90. The fraction of sp³-hybridized carbons (Fsp3) is 0.611. The number of piperidine rings is 1.